The summed E-state index contributed by atoms with van der Waals surface area (Å²) in [6, 6.07) is 3.94. The fourth-order valence-corrected chi connectivity index (χ4v) is 1.14. The van der Waals surface area contributed by atoms with E-state index in [9.17, 15) is 0 Å². The Balaban J connectivity index is 2.66. The number of nitrogens with two attached hydrogens (primary N) is 1. The highest BCUT2D eigenvalue weighted by Crippen LogP contribution is 2.12. The Kier molecular flexibility index (Phi) is 3.70. The minimum Gasteiger partial charge on any atom is -0.384 e. The SMILES string of the molecule is COCC(CN)c1ccncc1. The van der Waals surface area contributed by atoms with Gasteiger partial charge < -0.3 is 10.5 Å². The molecule has 0 amide bonds. The molecule has 1 rings (SSSR count). The van der Waals surface area contributed by atoms with E-state index in [-0.39, 0.29) is 5.92 Å². The summed E-state index contributed by atoms with van der Waals surface area (Å²) in [4.78, 5) is 3.94. The van der Waals surface area contributed by atoms with Crippen LogP contribution >= 0.6 is 0 Å². The van der Waals surface area contributed by atoms with Crippen LogP contribution < -0.4 is 5.73 Å². The second-order valence-electron chi connectivity index (χ2n) is 2.67. The average molecular weight is 166 g/mol. The van der Waals surface area contributed by atoms with Gasteiger partial charge in [0, 0.05) is 32.0 Å². The van der Waals surface area contributed by atoms with E-state index < -0.39 is 0 Å². The Hall–Kier alpha value is -0.930. The molecule has 3 heteroatoms. The number of aromatic nitrogens is 1. The molecule has 0 saturated heterocycles. The third-order valence-corrected chi connectivity index (χ3v) is 1.83. The van der Waals surface area contributed by atoms with Crippen molar-refractivity contribution in [3.05, 3.63) is 30.1 Å². The van der Waals surface area contributed by atoms with Crippen molar-refractivity contribution >= 4 is 0 Å². The number of hydrogen-bond donors (Lipinski definition) is 1. The summed E-state index contributed by atoms with van der Waals surface area (Å²) < 4.78 is 5.05. The van der Waals surface area contributed by atoms with Crippen LogP contribution in [0.15, 0.2) is 24.5 Å². The van der Waals surface area contributed by atoms with E-state index in [1.165, 1.54) is 5.56 Å². The Bertz CT molecular complexity index is 213. The molecule has 66 valence electrons. The van der Waals surface area contributed by atoms with Crippen molar-refractivity contribution in [2.45, 2.75) is 5.92 Å². The van der Waals surface area contributed by atoms with Gasteiger partial charge in [-0.3, -0.25) is 4.98 Å². The van der Waals surface area contributed by atoms with Crippen molar-refractivity contribution in [3.8, 4) is 0 Å². The number of rotatable bonds is 4. The lowest BCUT2D eigenvalue weighted by Crippen LogP contribution is -2.17. The first-order chi connectivity index (χ1) is 5.88. The zero-order valence-electron chi connectivity index (χ0n) is 7.23. The molecule has 2 N–H and O–H groups in total. The summed E-state index contributed by atoms with van der Waals surface area (Å²) in [5.74, 6) is 0.290. The van der Waals surface area contributed by atoms with Gasteiger partial charge in [0.2, 0.25) is 0 Å². The van der Waals surface area contributed by atoms with E-state index in [0.29, 0.717) is 13.2 Å². The molecule has 1 unspecified atom stereocenters. The lowest BCUT2D eigenvalue weighted by Gasteiger charge is -2.12. The first-order valence-electron chi connectivity index (χ1n) is 3.97. The standard InChI is InChI=1S/C9H14N2O/c1-12-7-9(6-10)8-2-4-11-5-3-8/h2-5,9H,6-7,10H2,1H3. The quantitative estimate of drug-likeness (QED) is 0.718. The molecule has 0 spiro atoms. The maximum atomic E-state index is 5.59. The molecule has 0 radical (unpaired) electrons. The molecule has 0 aromatic carbocycles. The molecule has 1 atom stereocenters. The van der Waals surface area contributed by atoms with Gasteiger partial charge in [0.15, 0.2) is 0 Å². The van der Waals surface area contributed by atoms with E-state index in [1.807, 2.05) is 12.1 Å². The van der Waals surface area contributed by atoms with Crippen LogP contribution in [-0.2, 0) is 4.74 Å². The van der Waals surface area contributed by atoms with Crippen LogP contribution in [-0.4, -0.2) is 25.2 Å². The topological polar surface area (TPSA) is 48.1 Å². The van der Waals surface area contributed by atoms with Crippen molar-refractivity contribution < 1.29 is 4.74 Å². The molecule has 1 heterocycles. The minimum atomic E-state index is 0.290. The maximum Gasteiger partial charge on any atom is 0.0543 e. The Morgan fingerprint density at radius 2 is 2.17 bits per heavy atom. The summed E-state index contributed by atoms with van der Waals surface area (Å²) in [5, 5.41) is 0. The van der Waals surface area contributed by atoms with Gasteiger partial charge in [-0.1, -0.05) is 0 Å². The lowest BCUT2D eigenvalue weighted by molar-refractivity contribution is 0.181. The monoisotopic (exact) mass is 166 g/mol. The predicted octanol–water partition coefficient (Wildman–Crippen LogP) is 0.770. The van der Waals surface area contributed by atoms with Crippen LogP contribution in [0, 0.1) is 0 Å². The van der Waals surface area contributed by atoms with Gasteiger partial charge in [-0.15, -0.1) is 0 Å². The Morgan fingerprint density at radius 3 is 2.67 bits per heavy atom. The van der Waals surface area contributed by atoms with Crippen LogP contribution in [0.25, 0.3) is 0 Å². The normalized spacial score (nSPS) is 12.8. The molecule has 0 aliphatic carbocycles. The van der Waals surface area contributed by atoms with Gasteiger partial charge in [-0.25, -0.2) is 0 Å². The molecule has 0 bridgehead atoms. The van der Waals surface area contributed by atoms with Crippen molar-refractivity contribution in [1.29, 1.82) is 0 Å². The van der Waals surface area contributed by atoms with Crippen molar-refractivity contribution in [3.63, 3.8) is 0 Å². The third kappa shape index (κ3) is 2.29. The van der Waals surface area contributed by atoms with Crippen molar-refractivity contribution in [2.24, 2.45) is 5.73 Å². The van der Waals surface area contributed by atoms with Crippen LogP contribution in [0.4, 0.5) is 0 Å². The van der Waals surface area contributed by atoms with Gasteiger partial charge in [0.25, 0.3) is 0 Å². The molecular weight excluding hydrogens is 152 g/mol. The van der Waals surface area contributed by atoms with Gasteiger partial charge in [-0.2, -0.15) is 0 Å². The molecule has 0 aliphatic rings. The molecular formula is C9H14N2O. The zero-order valence-corrected chi connectivity index (χ0v) is 7.23. The molecule has 12 heavy (non-hydrogen) atoms. The van der Waals surface area contributed by atoms with Crippen molar-refractivity contribution in [1.82, 2.24) is 4.98 Å². The zero-order chi connectivity index (χ0) is 8.81. The van der Waals surface area contributed by atoms with E-state index in [1.54, 1.807) is 19.5 Å². The second-order valence-corrected chi connectivity index (χ2v) is 2.67. The fraction of sp³-hybridized carbons (Fsp3) is 0.444. The smallest absolute Gasteiger partial charge is 0.0543 e. The summed E-state index contributed by atoms with van der Waals surface area (Å²) in [6.45, 7) is 1.28. The second kappa shape index (κ2) is 4.85. The maximum absolute atomic E-state index is 5.59. The van der Waals surface area contributed by atoms with Gasteiger partial charge >= 0.3 is 0 Å². The predicted molar refractivity (Wildman–Crippen MR) is 47.9 cm³/mol. The number of methoxy groups -OCH3 is 1. The third-order valence-electron chi connectivity index (χ3n) is 1.83. The van der Waals surface area contributed by atoms with E-state index in [0.717, 1.165) is 0 Å². The van der Waals surface area contributed by atoms with Crippen LogP contribution in [0.3, 0.4) is 0 Å². The summed E-state index contributed by atoms with van der Waals surface area (Å²) in [5.41, 5.74) is 6.78. The largest absolute Gasteiger partial charge is 0.384 e. The molecule has 1 aromatic rings. The molecule has 0 fully saturated rings. The first kappa shape index (κ1) is 9.16. The molecule has 0 saturated carbocycles. The minimum absolute atomic E-state index is 0.290. The van der Waals surface area contributed by atoms with E-state index in [4.69, 9.17) is 10.5 Å². The highest BCUT2D eigenvalue weighted by molar-refractivity contribution is 5.16. The average Bonchev–Trinajstić information content (AvgIpc) is 2.15. The number of ether oxygens (including phenoxy) is 1. The van der Waals surface area contributed by atoms with Crippen LogP contribution in [0.1, 0.15) is 11.5 Å². The summed E-state index contributed by atoms with van der Waals surface area (Å²) >= 11 is 0. The molecule has 1 aromatic heterocycles. The summed E-state index contributed by atoms with van der Waals surface area (Å²) in [6.07, 6.45) is 3.54. The van der Waals surface area contributed by atoms with Gasteiger partial charge in [0.05, 0.1) is 6.61 Å². The molecule has 3 nitrogen and oxygen atoms in total. The highest BCUT2D eigenvalue weighted by Gasteiger charge is 2.07. The first-order valence-corrected chi connectivity index (χ1v) is 3.97. The van der Waals surface area contributed by atoms with Crippen LogP contribution in [0.2, 0.25) is 0 Å². The van der Waals surface area contributed by atoms with E-state index >= 15 is 0 Å². The highest BCUT2D eigenvalue weighted by atomic mass is 16.5. The van der Waals surface area contributed by atoms with Gasteiger partial charge in [-0.05, 0) is 17.7 Å². The lowest BCUT2D eigenvalue weighted by atomic mass is 10.0. The number of pyridine rings is 1. The number of hydrogen-bond acceptors (Lipinski definition) is 3. The van der Waals surface area contributed by atoms with Crippen molar-refractivity contribution in [2.75, 3.05) is 20.3 Å². The fourth-order valence-electron chi connectivity index (χ4n) is 1.14. The number of nitrogens with zero attached hydrogens (tertiary/aromatic N) is 1. The Morgan fingerprint density at radius 1 is 1.50 bits per heavy atom. The summed E-state index contributed by atoms with van der Waals surface area (Å²) in [7, 11) is 1.68. The van der Waals surface area contributed by atoms with Gasteiger partial charge in [0.1, 0.15) is 0 Å². The molecule has 0 aliphatic heterocycles. The van der Waals surface area contributed by atoms with E-state index in [2.05, 4.69) is 4.98 Å². The Labute approximate surface area is 72.6 Å². The van der Waals surface area contributed by atoms with Crippen LogP contribution in [0.5, 0.6) is 0 Å².